The van der Waals surface area contributed by atoms with Crippen molar-refractivity contribution in [3.05, 3.63) is 26.5 Å². The first-order chi connectivity index (χ1) is 8.52. The van der Waals surface area contributed by atoms with Gasteiger partial charge in [-0.3, -0.25) is 9.63 Å². The summed E-state index contributed by atoms with van der Waals surface area (Å²) in [5, 5.41) is 4.06. The maximum absolute atomic E-state index is 12.0. The van der Waals surface area contributed by atoms with E-state index >= 15 is 0 Å². The van der Waals surface area contributed by atoms with Gasteiger partial charge in [-0.25, -0.2) is 10.0 Å². The van der Waals surface area contributed by atoms with Gasteiger partial charge in [0, 0.05) is 16.9 Å². The van der Waals surface area contributed by atoms with Crippen molar-refractivity contribution < 1.29 is 9.63 Å². The third-order valence-electron chi connectivity index (χ3n) is 2.33. The van der Waals surface area contributed by atoms with Crippen LogP contribution in [0.25, 0.3) is 9.88 Å². The quantitative estimate of drug-likeness (QED) is 0.797. The van der Waals surface area contributed by atoms with Crippen LogP contribution in [0, 0.1) is 6.92 Å². The van der Waals surface area contributed by atoms with E-state index in [0.717, 1.165) is 20.1 Å². The third-order valence-corrected chi connectivity index (χ3v) is 5.33. The number of rotatable bonds is 3. The van der Waals surface area contributed by atoms with Crippen LogP contribution < -0.4 is 0 Å². The minimum Gasteiger partial charge on any atom is -0.274 e. The standard InChI is InChI=1S/C11H11BrN2O2S2/c1-6-9(11(15)14(2)16-3)18-10(13-6)8-4-7(12)5-17-8/h4-5H,1-3H3. The maximum Gasteiger partial charge on any atom is 0.289 e. The van der Waals surface area contributed by atoms with Crippen LogP contribution in [0.4, 0.5) is 0 Å². The predicted molar refractivity (Wildman–Crippen MR) is 77.0 cm³/mol. The van der Waals surface area contributed by atoms with Crippen LogP contribution in [0.3, 0.4) is 0 Å². The molecular weight excluding hydrogens is 336 g/mol. The average molecular weight is 347 g/mol. The Hall–Kier alpha value is -0.760. The van der Waals surface area contributed by atoms with E-state index in [-0.39, 0.29) is 5.91 Å². The Labute approximate surface area is 121 Å². The Morgan fingerprint density at radius 3 is 2.83 bits per heavy atom. The zero-order valence-electron chi connectivity index (χ0n) is 10.1. The summed E-state index contributed by atoms with van der Waals surface area (Å²) in [7, 11) is 3.05. The number of aryl methyl sites for hydroxylation is 1. The first-order valence-corrected chi connectivity index (χ1v) is 7.56. The number of aromatic nitrogens is 1. The van der Waals surface area contributed by atoms with Gasteiger partial charge in [-0.2, -0.15) is 0 Å². The number of hydrogen-bond donors (Lipinski definition) is 0. The molecule has 0 aromatic carbocycles. The van der Waals surface area contributed by atoms with E-state index < -0.39 is 0 Å². The van der Waals surface area contributed by atoms with E-state index in [1.165, 1.54) is 23.5 Å². The minimum absolute atomic E-state index is 0.172. The van der Waals surface area contributed by atoms with Crippen molar-refractivity contribution in [1.82, 2.24) is 10.0 Å². The molecule has 2 aromatic rings. The Kier molecular flexibility index (Phi) is 4.16. The molecule has 0 aliphatic heterocycles. The highest BCUT2D eigenvalue weighted by molar-refractivity contribution is 9.10. The Morgan fingerprint density at radius 1 is 1.56 bits per heavy atom. The van der Waals surface area contributed by atoms with E-state index in [4.69, 9.17) is 4.84 Å². The number of halogens is 1. The van der Waals surface area contributed by atoms with E-state index in [2.05, 4.69) is 20.9 Å². The minimum atomic E-state index is -0.172. The summed E-state index contributed by atoms with van der Waals surface area (Å²) < 4.78 is 1.03. The van der Waals surface area contributed by atoms with Gasteiger partial charge in [0.05, 0.1) is 17.7 Å². The monoisotopic (exact) mass is 346 g/mol. The second-order valence-corrected chi connectivity index (χ2v) is 6.37. The molecule has 0 saturated heterocycles. The summed E-state index contributed by atoms with van der Waals surface area (Å²) in [5.41, 5.74) is 0.730. The van der Waals surface area contributed by atoms with Crippen molar-refractivity contribution in [3.63, 3.8) is 0 Å². The average Bonchev–Trinajstić information content (AvgIpc) is 2.93. The second kappa shape index (κ2) is 5.48. The van der Waals surface area contributed by atoms with Crippen LogP contribution in [0.2, 0.25) is 0 Å². The zero-order valence-corrected chi connectivity index (χ0v) is 13.3. The fraction of sp³-hybridized carbons (Fsp3) is 0.273. The first-order valence-electron chi connectivity index (χ1n) is 5.07. The molecule has 2 heterocycles. The lowest BCUT2D eigenvalue weighted by atomic mass is 10.4. The van der Waals surface area contributed by atoms with E-state index in [0.29, 0.717) is 4.88 Å². The molecule has 0 unspecified atom stereocenters. The van der Waals surface area contributed by atoms with Crippen LogP contribution in [0.1, 0.15) is 15.4 Å². The van der Waals surface area contributed by atoms with Gasteiger partial charge in [0.1, 0.15) is 9.88 Å². The molecule has 96 valence electrons. The van der Waals surface area contributed by atoms with Crippen LogP contribution in [0.15, 0.2) is 15.9 Å². The maximum atomic E-state index is 12.0. The highest BCUT2D eigenvalue weighted by atomic mass is 79.9. The summed E-state index contributed by atoms with van der Waals surface area (Å²) in [5.74, 6) is -0.172. The summed E-state index contributed by atoms with van der Waals surface area (Å²) in [6, 6.07) is 2.00. The van der Waals surface area contributed by atoms with Crippen LogP contribution in [-0.4, -0.2) is 30.1 Å². The second-order valence-electron chi connectivity index (χ2n) is 3.55. The predicted octanol–water partition coefficient (Wildman–Crippen LogP) is 3.58. The Bertz CT molecular complexity index is 579. The first kappa shape index (κ1) is 13.7. The molecule has 18 heavy (non-hydrogen) atoms. The molecule has 0 fully saturated rings. The molecule has 0 spiro atoms. The Balaban J connectivity index is 2.35. The number of thiophene rings is 1. The molecule has 2 aromatic heterocycles. The van der Waals surface area contributed by atoms with Gasteiger partial charge in [0.15, 0.2) is 0 Å². The number of carbonyl (C=O) groups is 1. The topological polar surface area (TPSA) is 42.4 Å². The van der Waals surface area contributed by atoms with Gasteiger partial charge >= 0.3 is 0 Å². The van der Waals surface area contributed by atoms with Crippen molar-refractivity contribution in [2.24, 2.45) is 0 Å². The van der Waals surface area contributed by atoms with E-state index in [1.54, 1.807) is 18.4 Å². The summed E-state index contributed by atoms with van der Waals surface area (Å²) in [6.45, 7) is 1.83. The molecular formula is C11H11BrN2O2S2. The highest BCUT2D eigenvalue weighted by Gasteiger charge is 2.20. The number of nitrogens with zero attached hydrogens (tertiary/aromatic N) is 2. The number of carbonyl (C=O) groups excluding carboxylic acids is 1. The van der Waals surface area contributed by atoms with Crippen molar-refractivity contribution in [2.75, 3.05) is 14.2 Å². The fourth-order valence-electron chi connectivity index (χ4n) is 1.35. The molecule has 0 aliphatic rings. The molecule has 0 radical (unpaired) electrons. The van der Waals surface area contributed by atoms with Gasteiger partial charge in [-0.05, 0) is 28.9 Å². The van der Waals surface area contributed by atoms with Crippen molar-refractivity contribution in [3.8, 4) is 9.88 Å². The molecule has 4 nitrogen and oxygen atoms in total. The lowest BCUT2D eigenvalue weighted by Gasteiger charge is -2.11. The molecule has 0 atom stereocenters. The number of thiazole rings is 1. The lowest BCUT2D eigenvalue weighted by Crippen LogP contribution is -2.25. The van der Waals surface area contributed by atoms with Crippen molar-refractivity contribution >= 4 is 44.5 Å². The van der Waals surface area contributed by atoms with Gasteiger partial charge in [0.2, 0.25) is 0 Å². The molecule has 0 bridgehead atoms. The number of amides is 1. The van der Waals surface area contributed by atoms with Crippen molar-refractivity contribution in [2.45, 2.75) is 6.92 Å². The smallest absolute Gasteiger partial charge is 0.274 e. The number of hydrogen-bond acceptors (Lipinski definition) is 5. The molecule has 7 heteroatoms. The summed E-state index contributed by atoms with van der Waals surface area (Å²) >= 11 is 6.39. The van der Waals surface area contributed by atoms with E-state index in [1.807, 2.05) is 18.4 Å². The Morgan fingerprint density at radius 2 is 2.28 bits per heavy atom. The van der Waals surface area contributed by atoms with Crippen molar-refractivity contribution in [1.29, 1.82) is 0 Å². The van der Waals surface area contributed by atoms with Gasteiger partial charge in [-0.15, -0.1) is 22.7 Å². The fourth-order valence-corrected chi connectivity index (χ4v) is 3.88. The summed E-state index contributed by atoms with van der Waals surface area (Å²) in [6.07, 6.45) is 0. The normalized spacial score (nSPS) is 10.7. The summed E-state index contributed by atoms with van der Waals surface area (Å²) in [4.78, 5) is 23.0. The largest absolute Gasteiger partial charge is 0.289 e. The van der Waals surface area contributed by atoms with E-state index in [9.17, 15) is 4.79 Å². The molecule has 0 saturated carbocycles. The third kappa shape index (κ3) is 2.64. The molecule has 0 aliphatic carbocycles. The van der Waals surface area contributed by atoms with Gasteiger partial charge in [-0.1, -0.05) is 0 Å². The lowest BCUT2D eigenvalue weighted by molar-refractivity contribution is -0.0754. The molecule has 0 N–H and O–H groups in total. The van der Waals surface area contributed by atoms with Crippen LogP contribution in [0.5, 0.6) is 0 Å². The van der Waals surface area contributed by atoms with Crippen LogP contribution >= 0.6 is 38.6 Å². The number of hydroxylamine groups is 2. The van der Waals surface area contributed by atoms with Gasteiger partial charge in [0.25, 0.3) is 5.91 Å². The SMILES string of the molecule is CON(C)C(=O)c1sc(-c2cc(Br)cs2)nc1C. The van der Waals surface area contributed by atoms with Crippen LogP contribution in [-0.2, 0) is 4.84 Å². The van der Waals surface area contributed by atoms with Gasteiger partial charge < -0.3 is 0 Å². The highest BCUT2D eigenvalue weighted by Crippen LogP contribution is 2.34. The zero-order chi connectivity index (χ0) is 13.3. The molecule has 1 amide bonds. The molecule has 2 rings (SSSR count).